The number of ether oxygens (including phenoxy) is 1. The monoisotopic (exact) mass is 370 g/mol. The van der Waals surface area contributed by atoms with E-state index in [1.807, 2.05) is 24.3 Å². The number of halogens is 1. The van der Waals surface area contributed by atoms with Crippen LogP contribution in [0.4, 0.5) is 11.5 Å². The lowest BCUT2D eigenvalue weighted by Gasteiger charge is -2.34. The standard InChI is InChI=1S/C15H19ClN4OS2/c1-21-13-5-3-2-4-12(13)17-15-14(18-23-22-15)20-10-8-19(7-6-16)9-11-20/h2-5H,6-11H2,1H3. The fourth-order valence-electron chi connectivity index (χ4n) is 2.56. The number of methoxy groups -OCH3 is 1. The molecule has 2 heterocycles. The molecule has 0 amide bonds. The van der Waals surface area contributed by atoms with Crippen molar-refractivity contribution in [2.24, 2.45) is 4.99 Å². The molecule has 0 atom stereocenters. The van der Waals surface area contributed by atoms with Gasteiger partial charge in [0.1, 0.15) is 11.4 Å². The Kier molecular flexibility index (Phi) is 5.88. The van der Waals surface area contributed by atoms with Gasteiger partial charge in [0, 0.05) is 49.1 Å². The number of anilines is 1. The first-order chi connectivity index (χ1) is 11.3. The lowest BCUT2D eigenvalue weighted by atomic mass is 10.3. The summed E-state index contributed by atoms with van der Waals surface area (Å²) in [4.78, 5) is 9.46. The minimum atomic E-state index is 0.688. The van der Waals surface area contributed by atoms with E-state index in [0.717, 1.165) is 54.6 Å². The summed E-state index contributed by atoms with van der Waals surface area (Å²) < 4.78 is 10.9. The van der Waals surface area contributed by atoms with E-state index in [1.165, 1.54) is 10.5 Å². The van der Waals surface area contributed by atoms with E-state index in [9.17, 15) is 0 Å². The Hall–Kier alpha value is -1.15. The van der Waals surface area contributed by atoms with Crippen LogP contribution in [0.3, 0.4) is 0 Å². The van der Waals surface area contributed by atoms with Crippen molar-refractivity contribution in [3.05, 3.63) is 28.9 Å². The number of hydrogen-bond acceptors (Lipinski definition) is 7. The van der Waals surface area contributed by atoms with Crippen molar-refractivity contribution >= 4 is 44.0 Å². The summed E-state index contributed by atoms with van der Waals surface area (Å²) in [6, 6.07) is 7.81. The van der Waals surface area contributed by atoms with E-state index in [1.54, 1.807) is 17.5 Å². The lowest BCUT2D eigenvalue weighted by molar-refractivity contribution is 0.272. The molecule has 0 aliphatic carbocycles. The van der Waals surface area contributed by atoms with Crippen LogP contribution in [0, 0.1) is 0 Å². The fourth-order valence-corrected chi connectivity index (χ4v) is 4.49. The number of benzene rings is 1. The van der Waals surface area contributed by atoms with Crippen molar-refractivity contribution in [3.8, 4) is 5.75 Å². The summed E-state index contributed by atoms with van der Waals surface area (Å²) in [6.07, 6.45) is 0. The van der Waals surface area contributed by atoms with Gasteiger partial charge in [-0.25, -0.2) is 4.99 Å². The largest absolute Gasteiger partial charge is 0.494 e. The summed E-state index contributed by atoms with van der Waals surface area (Å²) in [5.41, 5.74) is 0.841. The summed E-state index contributed by atoms with van der Waals surface area (Å²) >= 11 is 5.82. The quantitative estimate of drug-likeness (QED) is 0.599. The third-order valence-corrected chi connectivity index (χ3v) is 5.65. The molecule has 8 heteroatoms. The maximum atomic E-state index is 5.82. The van der Waals surface area contributed by atoms with Gasteiger partial charge in [-0.15, -0.1) is 11.6 Å². The second-order valence-electron chi connectivity index (χ2n) is 5.18. The molecule has 1 saturated heterocycles. The van der Waals surface area contributed by atoms with Gasteiger partial charge in [-0.05, 0) is 22.5 Å². The van der Waals surface area contributed by atoms with E-state index in [2.05, 4.69) is 14.2 Å². The molecule has 1 aromatic heterocycles. The van der Waals surface area contributed by atoms with Crippen molar-refractivity contribution in [3.63, 3.8) is 0 Å². The first-order valence-corrected chi connectivity index (χ1v) is 10.1. The van der Waals surface area contributed by atoms with Crippen LogP contribution in [0.2, 0.25) is 0 Å². The molecule has 5 nitrogen and oxygen atoms in total. The van der Waals surface area contributed by atoms with Gasteiger partial charge in [-0.3, -0.25) is 4.90 Å². The topological polar surface area (TPSA) is 41.0 Å². The molecule has 1 fully saturated rings. The number of nitrogens with zero attached hydrogens (tertiary/aromatic N) is 4. The van der Waals surface area contributed by atoms with Crippen molar-refractivity contribution in [2.45, 2.75) is 0 Å². The highest BCUT2D eigenvalue weighted by molar-refractivity contribution is 7.66. The third kappa shape index (κ3) is 4.03. The first kappa shape index (κ1) is 16.7. The molecule has 1 aromatic carbocycles. The van der Waals surface area contributed by atoms with Crippen LogP contribution in [0.5, 0.6) is 5.75 Å². The first-order valence-electron chi connectivity index (χ1n) is 7.49. The summed E-state index contributed by atoms with van der Waals surface area (Å²) in [5.74, 6) is 2.45. The Bertz CT molecular complexity index is 695. The molecule has 1 aliphatic heterocycles. The number of alkyl halides is 1. The van der Waals surface area contributed by atoms with Crippen LogP contribution in [0.1, 0.15) is 0 Å². The molecule has 0 bridgehead atoms. The molecule has 0 unspecified atom stereocenters. The lowest BCUT2D eigenvalue weighted by Crippen LogP contribution is -2.48. The highest BCUT2D eigenvalue weighted by Gasteiger charge is 2.19. The van der Waals surface area contributed by atoms with Crippen LogP contribution in [0.15, 0.2) is 29.3 Å². The normalized spacial score (nSPS) is 16.8. The SMILES string of the molecule is COc1ccccc1N=c1ssnc1N1CCN(CCCl)CC1. The maximum absolute atomic E-state index is 5.82. The fraction of sp³-hybridized carbons (Fsp3) is 0.467. The Balaban J connectivity index is 1.82. The summed E-state index contributed by atoms with van der Waals surface area (Å²) in [5, 5.41) is 0. The smallest absolute Gasteiger partial charge is 0.179 e. The predicted molar refractivity (Wildman–Crippen MR) is 97.6 cm³/mol. The number of hydrogen-bond donors (Lipinski definition) is 0. The van der Waals surface area contributed by atoms with Crippen LogP contribution in [-0.2, 0) is 0 Å². The Labute approximate surface area is 148 Å². The zero-order chi connectivity index (χ0) is 16.1. The highest BCUT2D eigenvalue weighted by Crippen LogP contribution is 2.26. The molecule has 3 rings (SSSR count). The zero-order valence-electron chi connectivity index (χ0n) is 12.9. The second-order valence-corrected chi connectivity index (χ2v) is 7.39. The molecule has 2 aromatic rings. The van der Waals surface area contributed by atoms with Crippen LogP contribution < -0.4 is 14.3 Å². The summed E-state index contributed by atoms with van der Waals surface area (Å²) in [6.45, 7) is 4.91. The molecule has 0 spiro atoms. The molecule has 1 aliphatic rings. The number of aromatic nitrogens is 1. The zero-order valence-corrected chi connectivity index (χ0v) is 15.3. The van der Waals surface area contributed by atoms with Crippen molar-refractivity contribution in [1.82, 2.24) is 9.27 Å². The minimum Gasteiger partial charge on any atom is -0.494 e. The molecular weight excluding hydrogens is 352 g/mol. The van der Waals surface area contributed by atoms with Gasteiger partial charge in [0.15, 0.2) is 10.5 Å². The second kappa shape index (κ2) is 8.10. The van der Waals surface area contributed by atoms with E-state index in [-0.39, 0.29) is 0 Å². The van der Waals surface area contributed by atoms with Crippen LogP contribution in [0.25, 0.3) is 0 Å². The Morgan fingerprint density at radius 1 is 1.26 bits per heavy atom. The molecule has 0 N–H and O–H groups in total. The van der Waals surface area contributed by atoms with Gasteiger partial charge in [-0.1, -0.05) is 12.1 Å². The molecule has 0 radical (unpaired) electrons. The van der Waals surface area contributed by atoms with Crippen LogP contribution in [-0.4, -0.2) is 55.0 Å². The average molecular weight is 371 g/mol. The third-order valence-electron chi connectivity index (χ3n) is 3.81. The van der Waals surface area contributed by atoms with Gasteiger partial charge in [0.2, 0.25) is 0 Å². The number of piperazine rings is 1. The molecule has 124 valence electrons. The van der Waals surface area contributed by atoms with E-state index in [0.29, 0.717) is 5.88 Å². The number of para-hydroxylation sites is 2. The van der Waals surface area contributed by atoms with Gasteiger partial charge in [0.05, 0.1) is 7.11 Å². The van der Waals surface area contributed by atoms with Gasteiger partial charge in [-0.2, -0.15) is 4.37 Å². The van der Waals surface area contributed by atoms with Crippen molar-refractivity contribution in [1.29, 1.82) is 0 Å². The predicted octanol–water partition coefficient (Wildman–Crippen LogP) is 2.81. The Morgan fingerprint density at radius 2 is 2.04 bits per heavy atom. The van der Waals surface area contributed by atoms with Gasteiger partial charge >= 0.3 is 0 Å². The number of rotatable bonds is 5. The van der Waals surface area contributed by atoms with E-state index >= 15 is 0 Å². The summed E-state index contributed by atoms with van der Waals surface area (Å²) in [7, 11) is 4.75. The van der Waals surface area contributed by atoms with Crippen molar-refractivity contribution in [2.75, 3.05) is 50.6 Å². The molecule has 23 heavy (non-hydrogen) atoms. The van der Waals surface area contributed by atoms with Crippen LogP contribution >= 0.6 is 32.5 Å². The maximum Gasteiger partial charge on any atom is 0.179 e. The van der Waals surface area contributed by atoms with E-state index < -0.39 is 0 Å². The molecule has 0 saturated carbocycles. The average Bonchev–Trinajstić information content (AvgIpc) is 3.04. The van der Waals surface area contributed by atoms with E-state index in [4.69, 9.17) is 21.3 Å². The highest BCUT2D eigenvalue weighted by atomic mass is 35.5. The molecular formula is C15H19ClN4OS2. The van der Waals surface area contributed by atoms with Crippen molar-refractivity contribution < 1.29 is 4.74 Å². The minimum absolute atomic E-state index is 0.688. The van der Waals surface area contributed by atoms with Gasteiger partial charge < -0.3 is 9.64 Å². The Morgan fingerprint density at radius 3 is 2.78 bits per heavy atom. The van der Waals surface area contributed by atoms with Gasteiger partial charge in [0.25, 0.3) is 0 Å².